The SMILES string of the molecule is CC(=O)N(c1ccc2c(c1)COCO2)c1cc(N)ccn1. The van der Waals surface area contributed by atoms with Gasteiger partial charge in [0.25, 0.3) is 0 Å². The molecule has 1 aliphatic heterocycles. The van der Waals surface area contributed by atoms with Crippen LogP contribution in [0.2, 0.25) is 0 Å². The summed E-state index contributed by atoms with van der Waals surface area (Å²) in [6.07, 6.45) is 1.57. The molecule has 1 aliphatic rings. The van der Waals surface area contributed by atoms with E-state index in [0.717, 1.165) is 11.3 Å². The smallest absolute Gasteiger partial charge is 0.229 e. The first kappa shape index (κ1) is 13.4. The van der Waals surface area contributed by atoms with E-state index in [1.54, 1.807) is 18.3 Å². The highest BCUT2D eigenvalue weighted by atomic mass is 16.7. The molecule has 6 heteroatoms. The lowest BCUT2D eigenvalue weighted by molar-refractivity contribution is -0.115. The Morgan fingerprint density at radius 1 is 1.33 bits per heavy atom. The largest absolute Gasteiger partial charge is 0.467 e. The highest BCUT2D eigenvalue weighted by Crippen LogP contribution is 2.31. The molecule has 0 fully saturated rings. The molecule has 0 unspecified atom stereocenters. The number of rotatable bonds is 2. The maximum absolute atomic E-state index is 12.0. The quantitative estimate of drug-likeness (QED) is 0.915. The number of benzene rings is 1. The van der Waals surface area contributed by atoms with E-state index in [1.165, 1.54) is 11.8 Å². The lowest BCUT2D eigenvalue weighted by Gasteiger charge is -2.23. The maximum Gasteiger partial charge on any atom is 0.229 e. The number of nitrogen functional groups attached to an aromatic ring is 1. The monoisotopic (exact) mass is 285 g/mol. The van der Waals surface area contributed by atoms with Crippen molar-refractivity contribution in [3.8, 4) is 5.75 Å². The van der Waals surface area contributed by atoms with E-state index in [4.69, 9.17) is 15.2 Å². The number of ether oxygens (including phenoxy) is 2. The third kappa shape index (κ3) is 2.66. The summed E-state index contributed by atoms with van der Waals surface area (Å²) >= 11 is 0. The van der Waals surface area contributed by atoms with Gasteiger partial charge >= 0.3 is 0 Å². The highest BCUT2D eigenvalue weighted by molar-refractivity contribution is 5.98. The van der Waals surface area contributed by atoms with Crippen LogP contribution in [0.1, 0.15) is 12.5 Å². The van der Waals surface area contributed by atoms with Gasteiger partial charge in [-0.25, -0.2) is 4.98 Å². The van der Waals surface area contributed by atoms with Crippen molar-refractivity contribution < 1.29 is 14.3 Å². The molecule has 1 aromatic heterocycles. The van der Waals surface area contributed by atoms with Gasteiger partial charge in [0.1, 0.15) is 11.6 Å². The molecule has 0 saturated heterocycles. The Morgan fingerprint density at radius 3 is 2.95 bits per heavy atom. The molecule has 0 aliphatic carbocycles. The number of carbonyl (C=O) groups excluding carboxylic acids is 1. The first-order valence-corrected chi connectivity index (χ1v) is 6.51. The van der Waals surface area contributed by atoms with E-state index < -0.39 is 0 Å². The number of nitrogens with zero attached hydrogens (tertiary/aromatic N) is 2. The zero-order valence-corrected chi connectivity index (χ0v) is 11.6. The minimum atomic E-state index is -0.148. The summed E-state index contributed by atoms with van der Waals surface area (Å²) in [7, 11) is 0. The molecular weight excluding hydrogens is 270 g/mol. The normalized spacial score (nSPS) is 13.2. The van der Waals surface area contributed by atoms with Crippen LogP contribution in [0.4, 0.5) is 17.2 Å². The molecule has 21 heavy (non-hydrogen) atoms. The van der Waals surface area contributed by atoms with E-state index in [-0.39, 0.29) is 12.7 Å². The molecule has 2 heterocycles. The molecule has 2 N–H and O–H groups in total. The van der Waals surface area contributed by atoms with Gasteiger partial charge in [-0.3, -0.25) is 9.69 Å². The summed E-state index contributed by atoms with van der Waals surface area (Å²) in [5, 5.41) is 0. The zero-order chi connectivity index (χ0) is 14.8. The first-order valence-electron chi connectivity index (χ1n) is 6.51. The molecule has 0 radical (unpaired) electrons. The van der Waals surface area contributed by atoms with Crippen LogP contribution in [0, 0.1) is 0 Å². The number of amides is 1. The van der Waals surface area contributed by atoms with Crippen molar-refractivity contribution in [2.24, 2.45) is 0 Å². The highest BCUT2D eigenvalue weighted by Gasteiger charge is 2.19. The molecule has 6 nitrogen and oxygen atoms in total. The number of hydrogen-bond donors (Lipinski definition) is 1. The molecule has 3 rings (SSSR count). The van der Waals surface area contributed by atoms with Crippen LogP contribution >= 0.6 is 0 Å². The van der Waals surface area contributed by atoms with E-state index in [0.29, 0.717) is 23.8 Å². The van der Waals surface area contributed by atoms with Crippen LogP contribution in [0.25, 0.3) is 0 Å². The van der Waals surface area contributed by atoms with E-state index >= 15 is 0 Å². The second-order valence-corrected chi connectivity index (χ2v) is 4.70. The van der Waals surface area contributed by atoms with Gasteiger partial charge in [-0.05, 0) is 24.3 Å². The van der Waals surface area contributed by atoms with Crippen molar-refractivity contribution in [2.75, 3.05) is 17.4 Å². The van der Waals surface area contributed by atoms with Crippen molar-refractivity contribution in [2.45, 2.75) is 13.5 Å². The van der Waals surface area contributed by atoms with Gasteiger partial charge in [0.15, 0.2) is 6.79 Å². The van der Waals surface area contributed by atoms with Crippen LogP contribution in [0.3, 0.4) is 0 Å². The number of anilines is 3. The lowest BCUT2D eigenvalue weighted by atomic mass is 10.1. The summed E-state index contributed by atoms with van der Waals surface area (Å²) in [5.74, 6) is 1.11. The van der Waals surface area contributed by atoms with Gasteiger partial charge in [0.05, 0.1) is 12.3 Å². The number of aromatic nitrogens is 1. The summed E-state index contributed by atoms with van der Waals surface area (Å²) < 4.78 is 10.6. The minimum absolute atomic E-state index is 0.148. The van der Waals surface area contributed by atoms with Gasteiger partial charge in [0.2, 0.25) is 5.91 Å². The molecule has 2 aromatic rings. The molecular formula is C15H15N3O3. The predicted octanol–water partition coefficient (Wildman–Crippen LogP) is 2.21. The number of pyridine rings is 1. The van der Waals surface area contributed by atoms with E-state index in [9.17, 15) is 4.79 Å². The Labute approximate surface area is 122 Å². The van der Waals surface area contributed by atoms with Crippen LogP contribution in [0.5, 0.6) is 5.75 Å². The lowest BCUT2D eigenvalue weighted by Crippen LogP contribution is -2.24. The van der Waals surface area contributed by atoms with Crippen LogP contribution < -0.4 is 15.4 Å². The van der Waals surface area contributed by atoms with Gasteiger partial charge in [-0.15, -0.1) is 0 Å². The van der Waals surface area contributed by atoms with Crippen LogP contribution in [-0.2, 0) is 16.1 Å². The Kier molecular flexibility index (Phi) is 3.45. The molecule has 1 aromatic carbocycles. The molecule has 0 atom stereocenters. The molecule has 1 amide bonds. The Morgan fingerprint density at radius 2 is 2.19 bits per heavy atom. The van der Waals surface area contributed by atoms with Crippen molar-refractivity contribution in [1.82, 2.24) is 4.98 Å². The predicted molar refractivity (Wildman–Crippen MR) is 78.2 cm³/mol. The van der Waals surface area contributed by atoms with Crippen LogP contribution in [0.15, 0.2) is 36.5 Å². The fourth-order valence-corrected chi connectivity index (χ4v) is 2.25. The van der Waals surface area contributed by atoms with E-state index in [2.05, 4.69) is 4.98 Å². The molecule has 0 saturated carbocycles. The Hall–Kier alpha value is -2.60. The van der Waals surface area contributed by atoms with Crippen molar-refractivity contribution in [3.63, 3.8) is 0 Å². The van der Waals surface area contributed by atoms with E-state index in [1.807, 2.05) is 18.2 Å². The van der Waals surface area contributed by atoms with Crippen molar-refractivity contribution in [3.05, 3.63) is 42.1 Å². The number of nitrogens with two attached hydrogens (primary N) is 1. The average molecular weight is 285 g/mol. The Balaban J connectivity index is 2.03. The molecule has 108 valence electrons. The van der Waals surface area contributed by atoms with Gasteiger partial charge < -0.3 is 15.2 Å². The second kappa shape index (κ2) is 5.41. The van der Waals surface area contributed by atoms with Gasteiger partial charge in [-0.2, -0.15) is 0 Å². The minimum Gasteiger partial charge on any atom is -0.467 e. The zero-order valence-electron chi connectivity index (χ0n) is 11.6. The fourth-order valence-electron chi connectivity index (χ4n) is 2.25. The summed E-state index contributed by atoms with van der Waals surface area (Å²) in [6.45, 7) is 2.19. The standard InChI is InChI=1S/C15H15N3O3/c1-10(19)18(15-7-12(16)4-5-17-15)13-2-3-14-11(6-13)8-20-9-21-14/h2-7H,8-9H2,1H3,(H2,16,17). The van der Waals surface area contributed by atoms with Crippen molar-refractivity contribution >= 4 is 23.1 Å². The molecule has 0 spiro atoms. The first-order chi connectivity index (χ1) is 10.1. The summed E-state index contributed by atoms with van der Waals surface area (Å²) in [5.41, 5.74) is 7.92. The number of hydrogen-bond acceptors (Lipinski definition) is 5. The van der Waals surface area contributed by atoms with Gasteiger partial charge in [0, 0.05) is 30.4 Å². The fraction of sp³-hybridized carbons (Fsp3) is 0.200. The second-order valence-electron chi connectivity index (χ2n) is 4.70. The van der Waals surface area contributed by atoms with Gasteiger partial charge in [-0.1, -0.05) is 0 Å². The number of carbonyl (C=O) groups is 1. The summed E-state index contributed by atoms with van der Waals surface area (Å²) in [6, 6.07) is 8.84. The summed E-state index contributed by atoms with van der Waals surface area (Å²) in [4.78, 5) is 17.7. The maximum atomic E-state index is 12.0. The average Bonchev–Trinajstić information content (AvgIpc) is 2.47. The molecule has 0 bridgehead atoms. The number of fused-ring (bicyclic) bond motifs is 1. The van der Waals surface area contributed by atoms with Crippen molar-refractivity contribution in [1.29, 1.82) is 0 Å². The Bertz CT molecular complexity index is 688. The topological polar surface area (TPSA) is 77.7 Å². The van der Waals surface area contributed by atoms with Crippen LogP contribution in [-0.4, -0.2) is 17.7 Å². The third-order valence-corrected chi connectivity index (χ3v) is 3.17. The third-order valence-electron chi connectivity index (χ3n) is 3.17.